The standard InChI is InChI=1S/C11H14N2O4/c1-5-2-3-6(9(13)10(5)15)8(14)4-7(12)11(16)17/h2-3,7,15H,4,12-13H2,1H3,(H,16,17)/t7-/m1/s1. The van der Waals surface area contributed by atoms with E-state index in [-0.39, 0.29) is 23.4 Å². The van der Waals surface area contributed by atoms with E-state index in [2.05, 4.69) is 5.73 Å². The number of aryl methyl sites for hydroxylation is 1. The van der Waals surface area contributed by atoms with Gasteiger partial charge in [0.2, 0.25) is 0 Å². The molecule has 0 aliphatic rings. The van der Waals surface area contributed by atoms with Crippen molar-refractivity contribution in [3.63, 3.8) is 0 Å². The molecule has 0 amide bonds. The Bertz CT molecular complexity index is 471. The number of Topliss-reactive ketones (excluding diaryl/α,β-unsaturated/α-hetero) is 1. The molecule has 0 saturated heterocycles. The zero-order valence-corrected chi connectivity index (χ0v) is 9.40. The number of carboxylic acid groups (broad SMARTS) is 1. The molecule has 17 heavy (non-hydrogen) atoms. The maximum Gasteiger partial charge on any atom is 0.171 e. The first-order valence-electron chi connectivity index (χ1n) is 4.99. The van der Waals surface area contributed by atoms with Crippen LogP contribution in [0.3, 0.4) is 0 Å². The van der Waals surface area contributed by atoms with E-state index in [1.54, 1.807) is 6.92 Å². The van der Waals surface area contributed by atoms with Gasteiger partial charge in [-0.15, -0.1) is 0 Å². The number of benzene rings is 1. The first-order chi connectivity index (χ1) is 7.84. The van der Waals surface area contributed by atoms with E-state index in [4.69, 9.17) is 5.73 Å². The molecule has 0 unspecified atom stereocenters. The lowest BCUT2D eigenvalue weighted by Gasteiger charge is -2.11. The predicted octanol–water partition coefficient (Wildman–Crippen LogP) is -1.78. The van der Waals surface area contributed by atoms with Gasteiger partial charge in [0.05, 0.1) is 18.1 Å². The number of ketones is 1. The average molecular weight is 238 g/mol. The summed E-state index contributed by atoms with van der Waals surface area (Å²) in [6, 6.07) is 1.86. The van der Waals surface area contributed by atoms with Crippen molar-refractivity contribution in [2.45, 2.75) is 19.4 Å². The number of aromatic hydroxyl groups is 1. The fourth-order valence-corrected chi connectivity index (χ4v) is 1.38. The summed E-state index contributed by atoms with van der Waals surface area (Å²) in [5.41, 5.74) is 9.47. The minimum absolute atomic E-state index is 0.0412. The van der Waals surface area contributed by atoms with Crippen LogP contribution in [-0.2, 0) is 4.79 Å². The van der Waals surface area contributed by atoms with Gasteiger partial charge in [-0.05, 0) is 18.6 Å². The van der Waals surface area contributed by atoms with E-state index < -0.39 is 17.8 Å². The molecular formula is C11H14N2O4. The van der Waals surface area contributed by atoms with Gasteiger partial charge < -0.3 is 26.5 Å². The summed E-state index contributed by atoms with van der Waals surface area (Å²) in [5.74, 6) is -2.04. The number of carboxylic acids is 1. The summed E-state index contributed by atoms with van der Waals surface area (Å²) >= 11 is 0. The molecule has 1 rings (SSSR count). The van der Waals surface area contributed by atoms with Crippen LogP contribution < -0.4 is 16.6 Å². The summed E-state index contributed by atoms with van der Waals surface area (Å²) in [7, 11) is 0. The molecule has 0 spiro atoms. The molecular weight excluding hydrogens is 224 g/mol. The second kappa shape index (κ2) is 4.84. The number of anilines is 1. The summed E-state index contributed by atoms with van der Waals surface area (Å²) < 4.78 is 0. The first-order valence-corrected chi connectivity index (χ1v) is 4.99. The van der Waals surface area contributed by atoms with Crippen LogP contribution >= 0.6 is 0 Å². The Morgan fingerprint density at radius 2 is 2.12 bits per heavy atom. The summed E-state index contributed by atoms with van der Waals surface area (Å²) in [6.07, 6.45) is -0.310. The normalized spacial score (nSPS) is 12.1. The molecule has 0 heterocycles. The van der Waals surface area contributed by atoms with Gasteiger partial charge in [-0.25, -0.2) is 0 Å². The van der Waals surface area contributed by atoms with Gasteiger partial charge in [-0.2, -0.15) is 0 Å². The lowest BCUT2D eigenvalue weighted by molar-refractivity contribution is -0.435. The Morgan fingerprint density at radius 1 is 1.53 bits per heavy atom. The fourth-order valence-electron chi connectivity index (χ4n) is 1.38. The third-order valence-electron chi connectivity index (χ3n) is 2.48. The van der Waals surface area contributed by atoms with Crippen molar-refractivity contribution in [1.29, 1.82) is 0 Å². The van der Waals surface area contributed by atoms with Gasteiger partial charge in [0.1, 0.15) is 11.8 Å². The Hall–Kier alpha value is -2.08. The summed E-state index contributed by atoms with van der Waals surface area (Å²) in [5, 5.41) is 20.0. The van der Waals surface area contributed by atoms with Crippen LogP contribution in [0.4, 0.5) is 5.69 Å². The quantitative estimate of drug-likeness (QED) is 0.324. The van der Waals surface area contributed by atoms with E-state index in [0.717, 1.165) is 0 Å². The molecule has 6 N–H and O–H groups in total. The highest BCUT2D eigenvalue weighted by Gasteiger charge is 2.19. The lowest BCUT2D eigenvalue weighted by Crippen LogP contribution is -2.68. The van der Waals surface area contributed by atoms with E-state index in [0.29, 0.717) is 5.56 Å². The highest BCUT2D eigenvalue weighted by Crippen LogP contribution is 2.28. The minimum Gasteiger partial charge on any atom is -0.544 e. The molecule has 1 aromatic carbocycles. The maximum atomic E-state index is 11.7. The van der Waals surface area contributed by atoms with Crippen molar-refractivity contribution in [3.8, 4) is 5.75 Å². The van der Waals surface area contributed by atoms with E-state index in [9.17, 15) is 19.8 Å². The van der Waals surface area contributed by atoms with Crippen LogP contribution in [0.2, 0.25) is 0 Å². The molecule has 0 radical (unpaired) electrons. The second-order valence-electron chi connectivity index (χ2n) is 3.84. The molecule has 0 fully saturated rings. The zero-order chi connectivity index (χ0) is 13.2. The molecule has 0 aromatic heterocycles. The molecule has 0 aliphatic heterocycles. The molecule has 0 saturated carbocycles. The Morgan fingerprint density at radius 3 is 2.65 bits per heavy atom. The third kappa shape index (κ3) is 2.73. The monoisotopic (exact) mass is 238 g/mol. The molecule has 6 nitrogen and oxygen atoms in total. The van der Waals surface area contributed by atoms with Gasteiger partial charge in [0.25, 0.3) is 0 Å². The summed E-state index contributed by atoms with van der Waals surface area (Å²) in [6.45, 7) is 1.64. The van der Waals surface area contributed by atoms with E-state index in [1.807, 2.05) is 0 Å². The number of nitrogen functional groups attached to an aromatic ring is 1. The van der Waals surface area contributed by atoms with Crippen molar-refractivity contribution in [2.75, 3.05) is 5.73 Å². The average Bonchev–Trinajstić information content (AvgIpc) is 2.25. The van der Waals surface area contributed by atoms with Crippen LogP contribution in [-0.4, -0.2) is 22.9 Å². The SMILES string of the molecule is Cc1ccc(C(=O)C[C@@H]([NH3+])C(=O)[O-])c(N)c1O. The largest absolute Gasteiger partial charge is 0.544 e. The molecule has 0 bridgehead atoms. The first kappa shape index (κ1) is 13.0. The van der Waals surface area contributed by atoms with Crippen molar-refractivity contribution in [1.82, 2.24) is 0 Å². The second-order valence-corrected chi connectivity index (χ2v) is 3.84. The van der Waals surface area contributed by atoms with Crippen molar-refractivity contribution >= 4 is 17.4 Å². The van der Waals surface area contributed by atoms with Gasteiger partial charge in [0, 0.05) is 5.56 Å². The highest BCUT2D eigenvalue weighted by atomic mass is 16.4. The number of hydrogen-bond donors (Lipinski definition) is 3. The van der Waals surface area contributed by atoms with Crippen LogP contribution in [0.25, 0.3) is 0 Å². The zero-order valence-electron chi connectivity index (χ0n) is 9.40. The minimum atomic E-state index is -1.40. The lowest BCUT2D eigenvalue weighted by atomic mass is 10.0. The fraction of sp³-hybridized carbons (Fsp3) is 0.273. The molecule has 92 valence electrons. The topological polar surface area (TPSA) is 131 Å². The summed E-state index contributed by atoms with van der Waals surface area (Å²) in [4.78, 5) is 22.2. The Labute approximate surface area is 97.8 Å². The van der Waals surface area contributed by atoms with Crippen LogP contribution in [0, 0.1) is 6.92 Å². The van der Waals surface area contributed by atoms with Crippen LogP contribution in [0.1, 0.15) is 22.3 Å². The highest BCUT2D eigenvalue weighted by molar-refractivity contribution is 6.03. The third-order valence-corrected chi connectivity index (χ3v) is 2.48. The number of quaternary nitrogens is 1. The van der Waals surface area contributed by atoms with Gasteiger partial charge in [-0.3, -0.25) is 4.79 Å². The van der Waals surface area contributed by atoms with E-state index >= 15 is 0 Å². The number of phenols is 1. The number of rotatable bonds is 4. The predicted molar refractivity (Wildman–Crippen MR) is 57.9 cm³/mol. The van der Waals surface area contributed by atoms with Crippen molar-refractivity contribution < 1.29 is 25.5 Å². The van der Waals surface area contributed by atoms with Gasteiger partial charge >= 0.3 is 0 Å². The van der Waals surface area contributed by atoms with Crippen molar-refractivity contribution in [3.05, 3.63) is 23.3 Å². The number of carbonyl (C=O) groups excluding carboxylic acids is 2. The van der Waals surface area contributed by atoms with Gasteiger partial charge in [-0.1, -0.05) is 6.07 Å². The molecule has 1 atom stereocenters. The molecule has 1 aromatic rings. The van der Waals surface area contributed by atoms with Crippen LogP contribution in [0.15, 0.2) is 12.1 Å². The maximum absolute atomic E-state index is 11.7. The number of hydrogen-bond acceptors (Lipinski definition) is 5. The Balaban J connectivity index is 2.98. The number of phenolic OH excluding ortho intramolecular Hbond substituents is 1. The number of carbonyl (C=O) groups is 2. The van der Waals surface area contributed by atoms with Crippen molar-refractivity contribution in [2.24, 2.45) is 0 Å². The number of nitrogens with two attached hydrogens (primary N) is 1. The smallest absolute Gasteiger partial charge is 0.171 e. The number of aliphatic carboxylic acids is 1. The van der Waals surface area contributed by atoms with E-state index in [1.165, 1.54) is 12.1 Å². The van der Waals surface area contributed by atoms with Gasteiger partial charge in [0.15, 0.2) is 5.78 Å². The Kier molecular flexibility index (Phi) is 3.69. The van der Waals surface area contributed by atoms with Crippen LogP contribution in [0.5, 0.6) is 5.75 Å². The molecule has 0 aliphatic carbocycles. The molecule has 6 heteroatoms.